The molecule has 78 valence electrons. The first-order valence-electron chi connectivity index (χ1n) is 4.67. The van der Waals surface area contributed by atoms with Crippen molar-refractivity contribution >= 4 is 0 Å². The molecule has 2 nitrogen and oxygen atoms in total. The Hall–Kier alpha value is -0.930. The number of halogens is 1. The van der Waals surface area contributed by atoms with E-state index < -0.39 is 6.10 Å². The van der Waals surface area contributed by atoms with Crippen LogP contribution in [0.3, 0.4) is 0 Å². The van der Waals surface area contributed by atoms with Crippen LogP contribution in [0.2, 0.25) is 0 Å². The highest BCUT2D eigenvalue weighted by molar-refractivity contribution is 5.28. The summed E-state index contributed by atoms with van der Waals surface area (Å²) in [5, 5.41) is 9.68. The summed E-state index contributed by atoms with van der Waals surface area (Å²) in [6, 6.07) is 4.34. The van der Waals surface area contributed by atoms with Gasteiger partial charge in [0.1, 0.15) is 11.9 Å². The molecular weight excluding hydrogens is 183 g/mol. The summed E-state index contributed by atoms with van der Waals surface area (Å²) in [6.45, 7) is 4.46. The Kier molecular flexibility index (Phi) is 4.04. The third-order valence-electron chi connectivity index (χ3n) is 2.07. The lowest BCUT2D eigenvalue weighted by molar-refractivity contribution is 0.0417. The highest BCUT2D eigenvalue weighted by Gasteiger charge is 2.10. The summed E-state index contributed by atoms with van der Waals surface area (Å²) in [5.41, 5.74) is 1.47. The number of ether oxygens (including phenoxy) is 1. The number of hydrogen-bond donors (Lipinski definition) is 1. The van der Waals surface area contributed by atoms with Gasteiger partial charge in [0.05, 0.1) is 6.61 Å². The number of aryl methyl sites for hydroxylation is 1. The van der Waals surface area contributed by atoms with E-state index in [1.54, 1.807) is 13.0 Å². The van der Waals surface area contributed by atoms with E-state index in [2.05, 4.69) is 0 Å². The Labute approximate surface area is 83.3 Å². The van der Waals surface area contributed by atoms with Gasteiger partial charge in [-0.15, -0.1) is 0 Å². The van der Waals surface area contributed by atoms with Crippen molar-refractivity contribution in [3.63, 3.8) is 0 Å². The molecule has 1 aromatic rings. The molecule has 1 rings (SSSR count). The van der Waals surface area contributed by atoms with Gasteiger partial charge in [-0.2, -0.15) is 0 Å². The Morgan fingerprint density at radius 2 is 2.21 bits per heavy atom. The monoisotopic (exact) mass is 198 g/mol. The first-order valence-corrected chi connectivity index (χ1v) is 4.67. The Morgan fingerprint density at radius 3 is 2.79 bits per heavy atom. The number of benzene rings is 1. The molecule has 1 unspecified atom stereocenters. The SMILES string of the molecule is CCOCC(O)c1ccc(F)cc1C. The molecule has 0 radical (unpaired) electrons. The third kappa shape index (κ3) is 2.79. The van der Waals surface area contributed by atoms with Gasteiger partial charge in [-0.25, -0.2) is 4.39 Å². The van der Waals surface area contributed by atoms with E-state index >= 15 is 0 Å². The van der Waals surface area contributed by atoms with E-state index in [1.807, 2.05) is 6.92 Å². The Balaban J connectivity index is 2.74. The van der Waals surface area contributed by atoms with Crippen LogP contribution in [0, 0.1) is 12.7 Å². The van der Waals surface area contributed by atoms with Crippen molar-refractivity contribution in [2.75, 3.05) is 13.2 Å². The summed E-state index contributed by atoms with van der Waals surface area (Å²) in [7, 11) is 0. The van der Waals surface area contributed by atoms with Gasteiger partial charge in [0.15, 0.2) is 0 Å². The molecule has 0 aliphatic carbocycles. The molecule has 0 aliphatic rings. The van der Waals surface area contributed by atoms with Gasteiger partial charge in [-0.05, 0) is 37.1 Å². The van der Waals surface area contributed by atoms with Crippen LogP contribution in [-0.2, 0) is 4.74 Å². The molecule has 0 spiro atoms. The summed E-state index contributed by atoms with van der Waals surface area (Å²) in [4.78, 5) is 0. The fourth-order valence-corrected chi connectivity index (χ4v) is 1.33. The minimum atomic E-state index is -0.671. The maximum atomic E-state index is 12.8. The first kappa shape index (κ1) is 11.1. The summed E-state index contributed by atoms with van der Waals surface area (Å²) in [5.74, 6) is -0.283. The second kappa shape index (κ2) is 5.08. The zero-order valence-electron chi connectivity index (χ0n) is 8.46. The standard InChI is InChI=1S/C11H15FO2/c1-3-14-7-11(13)10-5-4-9(12)6-8(10)2/h4-6,11,13H,3,7H2,1-2H3. The van der Waals surface area contributed by atoms with E-state index in [0.29, 0.717) is 6.61 Å². The molecule has 0 bridgehead atoms. The molecule has 0 fully saturated rings. The summed E-state index contributed by atoms with van der Waals surface area (Å²) in [6.07, 6.45) is -0.671. The number of hydrogen-bond acceptors (Lipinski definition) is 2. The highest BCUT2D eigenvalue weighted by atomic mass is 19.1. The molecule has 14 heavy (non-hydrogen) atoms. The topological polar surface area (TPSA) is 29.5 Å². The van der Waals surface area contributed by atoms with Crippen LogP contribution in [0.25, 0.3) is 0 Å². The molecule has 3 heteroatoms. The van der Waals surface area contributed by atoms with Crippen molar-refractivity contribution in [3.05, 3.63) is 35.1 Å². The van der Waals surface area contributed by atoms with Crippen LogP contribution in [-0.4, -0.2) is 18.3 Å². The smallest absolute Gasteiger partial charge is 0.123 e. The predicted octanol–water partition coefficient (Wildman–Crippen LogP) is 2.20. The fourth-order valence-electron chi connectivity index (χ4n) is 1.33. The molecule has 0 saturated carbocycles. The summed E-state index contributed by atoms with van der Waals surface area (Å²) >= 11 is 0. The fraction of sp³-hybridized carbons (Fsp3) is 0.455. The van der Waals surface area contributed by atoms with Gasteiger partial charge >= 0.3 is 0 Å². The van der Waals surface area contributed by atoms with Crippen LogP contribution in [0.5, 0.6) is 0 Å². The molecule has 1 N–H and O–H groups in total. The predicted molar refractivity (Wildman–Crippen MR) is 52.6 cm³/mol. The lowest BCUT2D eigenvalue weighted by atomic mass is 10.0. The number of aliphatic hydroxyl groups is 1. The molecule has 0 aliphatic heterocycles. The van der Waals surface area contributed by atoms with Gasteiger partial charge in [0.2, 0.25) is 0 Å². The van der Waals surface area contributed by atoms with Gasteiger partial charge in [0, 0.05) is 6.61 Å². The van der Waals surface area contributed by atoms with E-state index in [1.165, 1.54) is 12.1 Å². The zero-order valence-corrected chi connectivity index (χ0v) is 8.46. The Morgan fingerprint density at radius 1 is 1.50 bits per heavy atom. The van der Waals surface area contributed by atoms with Gasteiger partial charge < -0.3 is 9.84 Å². The molecule has 0 saturated heterocycles. The maximum Gasteiger partial charge on any atom is 0.123 e. The zero-order chi connectivity index (χ0) is 10.6. The van der Waals surface area contributed by atoms with Gasteiger partial charge in [0.25, 0.3) is 0 Å². The van der Waals surface area contributed by atoms with Gasteiger partial charge in [-0.3, -0.25) is 0 Å². The minimum Gasteiger partial charge on any atom is -0.386 e. The largest absolute Gasteiger partial charge is 0.386 e. The number of aliphatic hydroxyl groups excluding tert-OH is 1. The van der Waals surface area contributed by atoms with Crippen LogP contribution < -0.4 is 0 Å². The van der Waals surface area contributed by atoms with Crippen molar-refractivity contribution in [2.45, 2.75) is 20.0 Å². The van der Waals surface area contributed by atoms with Crippen LogP contribution in [0.15, 0.2) is 18.2 Å². The van der Waals surface area contributed by atoms with Crippen molar-refractivity contribution in [2.24, 2.45) is 0 Å². The van der Waals surface area contributed by atoms with E-state index in [-0.39, 0.29) is 12.4 Å². The highest BCUT2D eigenvalue weighted by Crippen LogP contribution is 2.18. The Bertz CT molecular complexity index is 299. The lowest BCUT2D eigenvalue weighted by Gasteiger charge is -2.13. The van der Waals surface area contributed by atoms with Crippen molar-refractivity contribution in [1.29, 1.82) is 0 Å². The quantitative estimate of drug-likeness (QED) is 0.803. The van der Waals surface area contributed by atoms with Crippen LogP contribution in [0.1, 0.15) is 24.2 Å². The molecular formula is C11H15FO2. The normalized spacial score (nSPS) is 12.9. The molecule has 1 aromatic carbocycles. The summed E-state index contributed by atoms with van der Waals surface area (Å²) < 4.78 is 17.8. The van der Waals surface area contributed by atoms with E-state index in [0.717, 1.165) is 11.1 Å². The van der Waals surface area contributed by atoms with Crippen LogP contribution in [0.4, 0.5) is 4.39 Å². The third-order valence-corrected chi connectivity index (χ3v) is 2.07. The minimum absolute atomic E-state index is 0.253. The maximum absolute atomic E-state index is 12.8. The van der Waals surface area contributed by atoms with Crippen molar-refractivity contribution in [1.82, 2.24) is 0 Å². The van der Waals surface area contributed by atoms with Crippen molar-refractivity contribution in [3.8, 4) is 0 Å². The molecule has 0 amide bonds. The second-order valence-corrected chi connectivity index (χ2v) is 3.18. The molecule has 1 atom stereocenters. The second-order valence-electron chi connectivity index (χ2n) is 3.18. The van der Waals surface area contributed by atoms with Crippen LogP contribution >= 0.6 is 0 Å². The lowest BCUT2D eigenvalue weighted by Crippen LogP contribution is -2.08. The number of rotatable bonds is 4. The average Bonchev–Trinajstić information content (AvgIpc) is 2.14. The van der Waals surface area contributed by atoms with Crippen molar-refractivity contribution < 1.29 is 14.2 Å². The first-order chi connectivity index (χ1) is 6.65. The molecule has 0 aromatic heterocycles. The average molecular weight is 198 g/mol. The molecule has 0 heterocycles. The van der Waals surface area contributed by atoms with Gasteiger partial charge in [-0.1, -0.05) is 6.07 Å². The van der Waals surface area contributed by atoms with E-state index in [9.17, 15) is 9.50 Å². The van der Waals surface area contributed by atoms with E-state index in [4.69, 9.17) is 4.74 Å².